The number of carbonyl (C=O) groups excluding carboxylic acids is 1. The first kappa shape index (κ1) is 13.9. The van der Waals surface area contributed by atoms with Gasteiger partial charge in [0.25, 0.3) is 5.91 Å². The molecule has 20 heavy (non-hydrogen) atoms. The minimum Gasteiger partial charge on any atom is -0.489 e. The maximum atomic E-state index is 11.1. The largest absolute Gasteiger partial charge is 0.489 e. The number of pyridine rings is 1. The number of nitrogens with one attached hydrogen (secondary N) is 1. The molecule has 2 aromatic rings. The Hall–Kier alpha value is -2.56. The average molecular weight is 272 g/mol. The van der Waals surface area contributed by atoms with E-state index in [1.807, 2.05) is 24.3 Å². The van der Waals surface area contributed by atoms with Gasteiger partial charge in [-0.05, 0) is 18.2 Å². The number of aromatic nitrogens is 1. The van der Waals surface area contributed by atoms with Gasteiger partial charge in [0, 0.05) is 31.1 Å². The van der Waals surface area contributed by atoms with Crippen LogP contribution in [0.3, 0.4) is 0 Å². The monoisotopic (exact) mass is 272 g/mol. The van der Waals surface area contributed by atoms with Crippen molar-refractivity contribution in [1.29, 1.82) is 0 Å². The molecule has 1 N–H and O–H groups in total. The first-order valence-electron chi connectivity index (χ1n) is 6.23. The number of ether oxygens (including phenoxy) is 2. The highest BCUT2D eigenvalue weighted by Gasteiger charge is 2.02. The van der Waals surface area contributed by atoms with Gasteiger partial charge in [-0.15, -0.1) is 0 Å². The van der Waals surface area contributed by atoms with E-state index in [4.69, 9.17) is 9.47 Å². The molecule has 1 aromatic carbocycles. The second kappa shape index (κ2) is 7.13. The fraction of sp³-hybridized carbons (Fsp3) is 0.200. The Morgan fingerprint density at radius 3 is 2.70 bits per heavy atom. The molecule has 1 amide bonds. The minimum atomic E-state index is -0.174. The van der Waals surface area contributed by atoms with Gasteiger partial charge in [0.05, 0.1) is 0 Å². The van der Waals surface area contributed by atoms with Crippen LogP contribution in [-0.2, 0) is 11.4 Å². The van der Waals surface area contributed by atoms with Gasteiger partial charge in [-0.25, -0.2) is 0 Å². The van der Waals surface area contributed by atoms with Gasteiger partial charge >= 0.3 is 0 Å². The zero-order chi connectivity index (χ0) is 14.2. The number of hydrogen-bond acceptors (Lipinski definition) is 4. The van der Waals surface area contributed by atoms with Crippen LogP contribution in [0.5, 0.6) is 11.5 Å². The Balaban J connectivity index is 1.90. The van der Waals surface area contributed by atoms with Gasteiger partial charge in [0.1, 0.15) is 18.1 Å². The van der Waals surface area contributed by atoms with Crippen molar-refractivity contribution in [1.82, 2.24) is 10.3 Å². The first-order chi connectivity index (χ1) is 9.78. The highest BCUT2D eigenvalue weighted by molar-refractivity contribution is 5.77. The molecule has 0 bridgehead atoms. The molecule has 0 radical (unpaired) electrons. The van der Waals surface area contributed by atoms with Gasteiger partial charge in [0.2, 0.25) is 0 Å². The molecule has 2 rings (SSSR count). The molecule has 5 nitrogen and oxygen atoms in total. The lowest BCUT2D eigenvalue weighted by atomic mass is 10.3. The number of hydrogen-bond donors (Lipinski definition) is 1. The number of carbonyl (C=O) groups is 1. The van der Waals surface area contributed by atoms with Crippen molar-refractivity contribution >= 4 is 5.91 Å². The molecular weight excluding hydrogens is 256 g/mol. The van der Waals surface area contributed by atoms with Gasteiger partial charge < -0.3 is 14.8 Å². The molecule has 0 spiro atoms. The third kappa shape index (κ3) is 4.28. The molecule has 1 heterocycles. The number of amides is 1. The maximum absolute atomic E-state index is 11.1. The lowest BCUT2D eigenvalue weighted by Gasteiger charge is -2.09. The van der Waals surface area contributed by atoms with Crippen LogP contribution in [0, 0.1) is 0 Å². The Morgan fingerprint density at radius 1 is 1.20 bits per heavy atom. The third-order valence-corrected chi connectivity index (χ3v) is 2.58. The van der Waals surface area contributed by atoms with Crippen LogP contribution in [0.1, 0.15) is 5.56 Å². The fourth-order valence-corrected chi connectivity index (χ4v) is 1.53. The van der Waals surface area contributed by atoms with E-state index in [-0.39, 0.29) is 12.5 Å². The van der Waals surface area contributed by atoms with Crippen molar-refractivity contribution in [3.05, 3.63) is 54.4 Å². The number of nitrogens with zero attached hydrogens (tertiary/aromatic N) is 1. The summed E-state index contributed by atoms with van der Waals surface area (Å²) in [6.45, 7) is 0.426. The topological polar surface area (TPSA) is 60.5 Å². The van der Waals surface area contributed by atoms with Crippen molar-refractivity contribution in [2.24, 2.45) is 0 Å². The molecule has 0 aliphatic rings. The quantitative estimate of drug-likeness (QED) is 0.871. The number of benzene rings is 1. The zero-order valence-electron chi connectivity index (χ0n) is 11.2. The summed E-state index contributed by atoms with van der Waals surface area (Å²) in [7, 11) is 1.57. The zero-order valence-corrected chi connectivity index (χ0v) is 11.2. The van der Waals surface area contributed by atoms with E-state index < -0.39 is 0 Å². The first-order valence-corrected chi connectivity index (χ1v) is 6.23. The Labute approximate surface area is 117 Å². The van der Waals surface area contributed by atoms with E-state index in [1.165, 1.54) is 0 Å². The van der Waals surface area contributed by atoms with Crippen LogP contribution in [-0.4, -0.2) is 24.5 Å². The second-order valence-corrected chi connectivity index (χ2v) is 4.09. The van der Waals surface area contributed by atoms with Crippen LogP contribution in [0.25, 0.3) is 0 Å². The van der Waals surface area contributed by atoms with Crippen LogP contribution in [0.15, 0.2) is 48.8 Å². The second-order valence-electron chi connectivity index (χ2n) is 4.09. The van der Waals surface area contributed by atoms with Crippen LogP contribution in [0.4, 0.5) is 0 Å². The SMILES string of the molecule is CNC(=O)COc1cccc(OCc2cccnc2)c1. The minimum absolute atomic E-state index is 0.0114. The van der Waals surface area contributed by atoms with Crippen molar-refractivity contribution < 1.29 is 14.3 Å². The molecule has 0 fully saturated rings. The molecular formula is C15H16N2O3. The molecule has 0 saturated carbocycles. The van der Waals surface area contributed by atoms with Crippen LogP contribution in [0.2, 0.25) is 0 Å². The third-order valence-electron chi connectivity index (χ3n) is 2.58. The van der Waals surface area contributed by atoms with E-state index in [2.05, 4.69) is 10.3 Å². The van der Waals surface area contributed by atoms with E-state index >= 15 is 0 Å². The van der Waals surface area contributed by atoms with Gasteiger partial charge in [-0.2, -0.15) is 0 Å². The molecule has 5 heteroatoms. The Bertz CT molecular complexity index is 558. The Morgan fingerprint density at radius 2 is 2.00 bits per heavy atom. The molecule has 104 valence electrons. The van der Waals surface area contributed by atoms with Crippen molar-refractivity contribution in [2.45, 2.75) is 6.61 Å². The fourth-order valence-electron chi connectivity index (χ4n) is 1.53. The summed E-state index contributed by atoms with van der Waals surface area (Å²) in [5.74, 6) is 1.10. The standard InChI is InChI=1S/C15H16N2O3/c1-16-15(18)11-20-14-6-2-5-13(8-14)19-10-12-4-3-7-17-9-12/h2-9H,10-11H2,1H3,(H,16,18). The van der Waals surface area contributed by atoms with Gasteiger partial charge in [-0.1, -0.05) is 12.1 Å². The summed E-state index contributed by atoms with van der Waals surface area (Å²) in [6, 6.07) is 11.0. The Kier molecular flexibility index (Phi) is 4.94. The molecule has 0 saturated heterocycles. The highest BCUT2D eigenvalue weighted by Crippen LogP contribution is 2.20. The summed E-state index contributed by atoms with van der Waals surface area (Å²) < 4.78 is 11.0. The number of likely N-dealkylation sites (N-methyl/N-ethyl adjacent to an activating group) is 1. The summed E-state index contributed by atoms with van der Waals surface area (Å²) in [4.78, 5) is 15.1. The summed E-state index contributed by atoms with van der Waals surface area (Å²) in [6.07, 6.45) is 3.47. The van der Waals surface area contributed by atoms with Gasteiger partial charge in [-0.3, -0.25) is 9.78 Å². The smallest absolute Gasteiger partial charge is 0.257 e. The van der Waals surface area contributed by atoms with E-state index in [0.29, 0.717) is 18.1 Å². The van der Waals surface area contributed by atoms with Crippen LogP contribution >= 0.6 is 0 Å². The molecule has 0 unspecified atom stereocenters. The molecule has 0 aliphatic carbocycles. The molecule has 0 atom stereocenters. The van der Waals surface area contributed by atoms with Gasteiger partial charge in [0.15, 0.2) is 6.61 Å². The predicted octanol–water partition coefficient (Wildman–Crippen LogP) is 1.79. The maximum Gasteiger partial charge on any atom is 0.257 e. The molecule has 1 aromatic heterocycles. The lowest BCUT2D eigenvalue weighted by molar-refractivity contribution is -0.122. The average Bonchev–Trinajstić information content (AvgIpc) is 2.52. The lowest BCUT2D eigenvalue weighted by Crippen LogP contribution is -2.24. The summed E-state index contributed by atoms with van der Waals surface area (Å²) >= 11 is 0. The van der Waals surface area contributed by atoms with Crippen molar-refractivity contribution in [3.63, 3.8) is 0 Å². The highest BCUT2D eigenvalue weighted by atomic mass is 16.5. The summed E-state index contributed by atoms with van der Waals surface area (Å²) in [5, 5.41) is 2.49. The predicted molar refractivity (Wildman–Crippen MR) is 74.6 cm³/mol. The molecule has 0 aliphatic heterocycles. The number of rotatable bonds is 6. The van der Waals surface area contributed by atoms with E-state index in [1.54, 1.807) is 31.6 Å². The van der Waals surface area contributed by atoms with Crippen molar-refractivity contribution in [2.75, 3.05) is 13.7 Å². The normalized spacial score (nSPS) is 9.85. The van der Waals surface area contributed by atoms with E-state index in [9.17, 15) is 4.79 Å². The van der Waals surface area contributed by atoms with Crippen LogP contribution < -0.4 is 14.8 Å². The summed E-state index contributed by atoms with van der Waals surface area (Å²) in [5.41, 5.74) is 0.990. The van der Waals surface area contributed by atoms with Crippen molar-refractivity contribution in [3.8, 4) is 11.5 Å². The van der Waals surface area contributed by atoms with E-state index in [0.717, 1.165) is 5.56 Å².